The van der Waals surface area contributed by atoms with E-state index in [-0.39, 0.29) is 0 Å². The Bertz CT molecular complexity index is 762. The molecule has 1 saturated heterocycles. The summed E-state index contributed by atoms with van der Waals surface area (Å²) in [4.78, 5) is 0. The van der Waals surface area contributed by atoms with Crippen molar-refractivity contribution >= 4 is 40.2 Å². The van der Waals surface area contributed by atoms with Crippen LogP contribution in [0.25, 0.3) is 0 Å². The number of hydrogen-bond acceptors (Lipinski definition) is 8. The second kappa shape index (κ2) is 4.09. The molecule has 15 heteroatoms. The summed E-state index contributed by atoms with van der Waals surface area (Å²) in [6.45, 7) is 0. The lowest BCUT2D eigenvalue weighted by Gasteiger charge is -2.25. The van der Waals surface area contributed by atoms with Gasteiger partial charge in [0.25, 0.3) is 10.1 Å². The Balaban J connectivity index is 4.08. The topological polar surface area (TPSA) is 197 Å². The molecule has 0 aromatic heterocycles. The van der Waals surface area contributed by atoms with Crippen molar-refractivity contribution in [2.45, 2.75) is 15.1 Å². The smallest absolute Gasteiger partial charge is 0.285 e. The van der Waals surface area contributed by atoms with Crippen molar-refractivity contribution in [3.63, 3.8) is 0 Å². The highest BCUT2D eigenvalue weighted by Gasteiger charge is 2.76. The van der Waals surface area contributed by atoms with Crippen molar-refractivity contribution in [2.75, 3.05) is 5.75 Å². The zero-order valence-electron chi connectivity index (χ0n) is 8.73. The lowest BCUT2D eigenvalue weighted by Crippen LogP contribution is -2.58. The zero-order valence-corrected chi connectivity index (χ0v) is 12.0. The highest BCUT2D eigenvalue weighted by atomic mass is 32.3. The van der Waals surface area contributed by atoms with Gasteiger partial charge in [-0.3, -0.25) is 13.7 Å². The average Bonchev–Trinajstić information content (AvgIpc) is 2.33. The summed E-state index contributed by atoms with van der Waals surface area (Å²) < 4.78 is 112. The van der Waals surface area contributed by atoms with E-state index < -0.39 is 61.0 Å². The SMILES string of the molecule is O=S(=O)(O)C1CCS(=O)(=O)C1(S(=O)(=O)O)S(=O)(=O)O. The van der Waals surface area contributed by atoms with Crippen LogP contribution >= 0.6 is 0 Å². The predicted molar refractivity (Wildman–Crippen MR) is 59.6 cm³/mol. The minimum atomic E-state index is -6.13. The van der Waals surface area contributed by atoms with Gasteiger partial charge in [-0.15, -0.1) is 0 Å². The zero-order chi connectivity index (χ0) is 15.5. The lowest BCUT2D eigenvalue weighted by molar-refractivity contribution is 0.424. The first-order valence-electron chi connectivity index (χ1n) is 4.21. The molecule has 1 aliphatic rings. The molecule has 0 aromatic carbocycles. The molecule has 1 rings (SSSR count). The molecule has 0 amide bonds. The Labute approximate surface area is 108 Å². The first kappa shape index (κ1) is 16.7. The van der Waals surface area contributed by atoms with Crippen molar-refractivity contribution in [1.29, 1.82) is 0 Å². The molecule has 114 valence electrons. The van der Waals surface area contributed by atoms with Gasteiger partial charge in [-0.25, -0.2) is 8.42 Å². The summed E-state index contributed by atoms with van der Waals surface area (Å²) in [7, 11) is -23.1. The molecule has 0 bridgehead atoms. The Kier molecular flexibility index (Phi) is 3.60. The fourth-order valence-corrected chi connectivity index (χ4v) is 11.5. The van der Waals surface area contributed by atoms with E-state index in [4.69, 9.17) is 13.7 Å². The molecule has 1 aliphatic heterocycles. The van der Waals surface area contributed by atoms with Crippen molar-refractivity contribution in [3.8, 4) is 0 Å². The summed E-state index contributed by atoms with van der Waals surface area (Å²) in [5.41, 5.74) is 0. The van der Waals surface area contributed by atoms with E-state index in [1.807, 2.05) is 0 Å². The van der Waals surface area contributed by atoms with Crippen molar-refractivity contribution < 1.29 is 47.3 Å². The molecular weight excluding hydrogens is 352 g/mol. The van der Waals surface area contributed by atoms with Gasteiger partial charge in [0.1, 0.15) is 5.25 Å². The van der Waals surface area contributed by atoms with E-state index in [9.17, 15) is 33.7 Å². The molecule has 0 saturated carbocycles. The maximum absolute atomic E-state index is 11.6. The quantitative estimate of drug-likeness (QED) is 0.449. The van der Waals surface area contributed by atoms with Gasteiger partial charge in [0.2, 0.25) is 0 Å². The molecule has 0 aromatic rings. The molecule has 1 heterocycles. The van der Waals surface area contributed by atoms with Gasteiger partial charge in [-0.05, 0) is 6.42 Å². The van der Waals surface area contributed by atoms with Crippen LogP contribution < -0.4 is 0 Å². The molecule has 11 nitrogen and oxygen atoms in total. The van der Waals surface area contributed by atoms with Crippen molar-refractivity contribution in [3.05, 3.63) is 0 Å². The Morgan fingerprint density at radius 3 is 1.47 bits per heavy atom. The van der Waals surface area contributed by atoms with Crippen LogP contribution in [0.15, 0.2) is 0 Å². The normalized spacial score (nSPS) is 27.2. The van der Waals surface area contributed by atoms with Gasteiger partial charge < -0.3 is 0 Å². The molecule has 1 unspecified atom stereocenters. The molecule has 0 aliphatic carbocycles. The second-order valence-electron chi connectivity index (χ2n) is 3.66. The summed E-state index contributed by atoms with van der Waals surface area (Å²) in [5.74, 6) is -1.28. The Morgan fingerprint density at radius 1 is 0.895 bits per heavy atom. The first-order valence-corrected chi connectivity index (χ1v) is 10.3. The van der Waals surface area contributed by atoms with Crippen LogP contribution in [-0.4, -0.2) is 61.7 Å². The molecule has 3 N–H and O–H groups in total. The fourth-order valence-electron chi connectivity index (χ4n) is 1.90. The van der Waals surface area contributed by atoms with E-state index in [1.54, 1.807) is 0 Å². The average molecular weight is 360 g/mol. The van der Waals surface area contributed by atoms with E-state index in [0.717, 1.165) is 0 Å². The number of rotatable bonds is 3. The summed E-state index contributed by atoms with van der Waals surface area (Å²) in [6.07, 6.45) is -1.12. The Hall–Kier alpha value is -0.320. The number of sulfone groups is 1. The van der Waals surface area contributed by atoms with Crippen molar-refractivity contribution in [1.82, 2.24) is 0 Å². The molecule has 1 atom stereocenters. The van der Waals surface area contributed by atoms with Gasteiger partial charge in [-0.1, -0.05) is 0 Å². The summed E-state index contributed by atoms with van der Waals surface area (Å²) in [6, 6.07) is 0. The molecular formula is C4H8O11S4. The highest BCUT2D eigenvalue weighted by molar-refractivity contribution is 8.24. The molecule has 19 heavy (non-hydrogen) atoms. The van der Waals surface area contributed by atoms with Crippen molar-refractivity contribution in [2.24, 2.45) is 0 Å². The summed E-state index contributed by atoms with van der Waals surface area (Å²) in [5, 5.41) is -2.95. The largest absolute Gasteiger partial charge is 0.339 e. The van der Waals surface area contributed by atoms with Crippen LogP contribution in [0.3, 0.4) is 0 Å². The van der Waals surface area contributed by atoms with Crippen LogP contribution in [0, 0.1) is 0 Å². The third-order valence-corrected chi connectivity index (χ3v) is 12.3. The predicted octanol–water partition coefficient (Wildman–Crippen LogP) is -2.51. The van der Waals surface area contributed by atoms with Gasteiger partial charge in [-0.2, -0.15) is 25.3 Å². The van der Waals surface area contributed by atoms with Crippen LogP contribution in [0.5, 0.6) is 0 Å². The van der Waals surface area contributed by atoms with Crippen LogP contribution in [0.4, 0.5) is 0 Å². The standard InChI is InChI=1S/C4H8O11S4/c5-16(6)2-1-3(17(7,8)9)4(16,18(10,11)12)19(13,14)15/h3H,1-2H2,(H,7,8,9)(H,10,11,12)(H,13,14,15). The van der Waals surface area contributed by atoms with Gasteiger partial charge in [0.05, 0.1) is 5.75 Å². The summed E-state index contributed by atoms with van der Waals surface area (Å²) >= 11 is 0. The van der Waals surface area contributed by atoms with E-state index in [1.165, 1.54) is 0 Å². The van der Waals surface area contributed by atoms with Gasteiger partial charge in [0, 0.05) is 0 Å². The second-order valence-corrected chi connectivity index (χ2v) is 11.5. The van der Waals surface area contributed by atoms with E-state index in [0.29, 0.717) is 0 Å². The molecule has 0 spiro atoms. The maximum atomic E-state index is 11.6. The van der Waals surface area contributed by atoms with E-state index in [2.05, 4.69) is 0 Å². The number of hydrogen-bond donors (Lipinski definition) is 3. The van der Waals surface area contributed by atoms with Gasteiger partial charge in [0.15, 0.2) is 9.84 Å². The van der Waals surface area contributed by atoms with Crippen LogP contribution in [0.2, 0.25) is 0 Å². The first-order chi connectivity index (χ1) is 8.09. The van der Waals surface area contributed by atoms with Gasteiger partial charge >= 0.3 is 23.6 Å². The van der Waals surface area contributed by atoms with Crippen LogP contribution in [0.1, 0.15) is 6.42 Å². The highest BCUT2D eigenvalue weighted by Crippen LogP contribution is 2.44. The van der Waals surface area contributed by atoms with Crippen LogP contribution in [-0.2, 0) is 40.2 Å². The third kappa shape index (κ3) is 2.18. The Morgan fingerprint density at radius 2 is 1.26 bits per heavy atom. The maximum Gasteiger partial charge on any atom is 0.339 e. The lowest BCUT2D eigenvalue weighted by atomic mass is 10.4. The molecule has 0 radical (unpaired) electrons. The minimum absolute atomic E-state index is 1.12. The third-order valence-electron chi connectivity index (χ3n) is 2.56. The monoisotopic (exact) mass is 360 g/mol. The van der Waals surface area contributed by atoms with E-state index >= 15 is 0 Å². The fraction of sp³-hybridized carbons (Fsp3) is 1.00. The molecule has 1 fully saturated rings. The minimum Gasteiger partial charge on any atom is -0.285 e.